The summed E-state index contributed by atoms with van der Waals surface area (Å²) in [5.41, 5.74) is 2.26. The van der Waals surface area contributed by atoms with Crippen LogP contribution in [0, 0.1) is 6.92 Å². The van der Waals surface area contributed by atoms with Crippen LogP contribution in [0.2, 0.25) is 5.02 Å². The maximum atomic E-state index is 12.5. The van der Waals surface area contributed by atoms with Gasteiger partial charge in [-0.2, -0.15) is 17.4 Å². The second-order valence-electron chi connectivity index (χ2n) is 6.42. The Morgan fingerprint density at radius 3 is 2.39 bits per heavy atom. The van der Waals surface area contributed by atoms with Gasteiger partial charge in [-0.25, -0.2) is 0 Å². The van der Waals surface area contributed by atoms with E-state index in [2.05, 4.69) is 9.62 Å². The smallest absolute Gasteiger partial charge is 0.279 e. The molecular weight excluding hydrogens is 334 g/mol. The van der Waals surface area contributed by atoms with Gasteiger partial charge in [-0.15, -0.1) is 0 Å². The zero-order valence-corrected chi connectivity index (χ0v) is 15.0. The molecule has 0 bridgehead atoms. The number of nitrogens with zero attached hydrogens (tertiary/aromatic N) is 2. The van der Waals surface area contributed by atoms with Crippen molar-refractivity contribution in [3.05, 3.63) is 28.8 Å². The normalized spacial score (nSPS) is 21.0. The number of hydrogen-bond donors (Lipinski definition) is 1. The van der Waals surface area contributed by atoms with Gasteiger partial charge >= 0.3 is 0 Å². The summed E-state index contributed by atoms with van der Waals surface area (Å²) in [6, 6.07) is 5.96. The Balaban J connectivity index is 1.61. The van der Waals surface area contributed by atoms with Crippen LogP contribution in [0.1, 0.15) is 31.2 Å². The fraction of sp³-hybridized carbons (Fsp3) is 0.625. The molecule has 7 heteroatoms. The van der Waals surface area contributed by atoms with E-state index in [4.69, 9.17) is 11.6 Å². The average Bonchev–Trinajstić information content (AvgIpc) is 3.00. The summed E-state index contributed by atoms with van der Waals surface area (Å²) in [6.07, 6.45) is 4.17. The molecule has 5 nitrogen and oxygen atoms in total. The van der Waals surface area contributed by atoms with E-state index < -0.39 is 10.2 Å². The Hall–Kier alpha value is -0.820. The fourth-order valence-corrected chi connectivity index (χ4v) is 5.15. The summed E-state index contributed by atoms with van der Waals surface area (Å²) in [4.78, 5) is 2.23. The predicted molar refractivity (Wildman–Crippen MR) is 94.3 cm³/mol. The molecule has 0 unspecified atom stereocenters. The molecule has 1 aliphatic heterocycles. The van der Waals surface area contributed by atoms with Gasteiger partial charge in [0.2, 0.25) is 0 Å². The third kappa shape index (κ3) is 3.99. The molecule has 1 aromatic rings. The zero-order chi connectivity index (χ0) is 16.4. The first-order valence-corrected chi connectivity index (χ1v) is 10.1. The largest absolute Gasteiger partial charge is 0.369 e. The van der Waals surface area contributed by atoms with E-state index in [1.54, 1.807) is 4.31 Å². The molecule has 3 rings (SSSR count). The Kier molecular flexibility index (Phi) is 5.16. The van der Waals surface area contributed by atoms with Crippen LogP contribution in [0.3, 0.4) is 0 Å². The average molecular weight is 358 g/mol. The summed E-state index contributed by atoms with van der Waals surface area (Å²) in [7, 11) is -3.35. The fourth-order valence-electron chi connectivity index (χ4n) is 3.47. The highest BCUT2D eigenvalue weighted by Gasteiger charge is 2.30. The number of halogens is 1. The minimum Gasteiger partial charge on any atom is -0.369 e. The van der Waals surface area contributed by atoms with Gasteiger partial charge in [0, 0.05) is 42.9 Å². The third-order valence-corrected chi connectivity index (χ3v) is 6.66. The van der Waals surface area contributed by atoms with Crippen molar-refractivity contribution in [1.82, 2.24) is 9.03 Å². The van der Waals surface area contributed by atoms with Crippen molar-refractivity contribution in [1.29, 1.82) is 0 Å². The van der Waals surface area contributed by atoms with Gasteiger partial charge in [0.1, 0.15) is 0 Å². The molecule has 1 saturated carbocycles. The van der Waals surface area contributed by atoms with Crippen LogP contribution in [0.25, 0.3) is 0 Å². The van der Waals surface area contributed by atoms with E-state index in [1.165, 1.54) is 0 Å². The number of anilines is 1. The molecule has 2 aliphatic rings. The number of hydrogen-bond acceptors (Lipinski definition) is 3. The van der Waals surface area contributed by atoms with Crippen molar-refractivity contribution in [3.8, 4) is 0 Å². The monoisotopic (exact) mass is 357 g/mol. The van der Waals surface area contributed by atoms with E-state index in [-0.39, 0.29) is 6.04 Å². The Bertz CT molecular complexity index is 651. The standard InChI is InChI=1S/C16H24ClN3O2S/c1-13-12-14(17)6-7-16(13)19-8-10-20(11-9-19)23(21,22)18-15-4-2-3-5-15/h6-7,12,15,18H,2-5,8-11H2,1H3. The van der Waals surface area contributed by atoms with Crippen LogP contribution in [-0.2, 0) is 10.2 Å². The molecule has 1 N–H and O–H groups in total. The summed E-state index contributed by atoms with van der Waals surface area (Å²) in [5.74, 6) is 0. The number of rotatable bonds is 4. The first-order chi connectivity index (χ1) is 11.0. The molecule has 2 fully saturated rings. The summed E-state index contributed by atoms with van der Waals surface area (Å²) in [5, 5.41) is 0.730. The van der Waals surface area contributed by atoms with E-state index in [0.717, 1.165) is 42.0 Å². The van der Waals surface area contributed by atoms with E-state index in [0.29, 0.717) is 26.2 Å². The molecule has 0 radical (unpaired) electrons. The first-order valence-electron chi connectivity index (χ1n) is 8.24. The van der Waals surface area contributed by atoms with Crippen molar-refractivity contribution < 1.29 is 8.42 Å². The third-order valence-electron chi connectivity index (χ3n) is 4.75. The lowest BCUT2D eigenvalue weighted by Crippen LogP contribution is -2.53. The molecule has 0 atom stereocenters. The quantitative estimate of drug-likeness (QED) is 0.901. The number of aryl methyl sites for hydroxylation is 1. The van der Waals surface area contributed by atoms with Crippen molar-refractivity contribution in [2.45, 2.75) is 38.6 Å². The minimum atomic E-state index is -3.35. The van der Waals surface area contributed by atoms with Gasteiger partial charge in [0.15, 0.2) is 0 Å². The van der Waals surface area contributed by atoms with Gasteiger partial charge in [-0.05, 0) is 43.5 Å². The molecule has 0 spiro atoms. The lowest BCUT2D eigenvalue weighted by atomic mass is 10.1. The lowest BCUT2D eigenvalue weighted by molar-refractivity contribution is 0.373. The molecule has 1 heterocycles. The van der Waals surface area contributed by atoms with Crippen molar-refractivity contribution >= 4 is 27.5 Å². The number of benzene rings is 1. The Morgan fingerprint density at radius 1 is 1.13 bits per heavy atom. The van der Waals surface area contributed by atoms with Gasteiger partial charge in [-0.1, -0.05) is 24.4 Å². The van der Waals surface area contributed by atoms with Gasteiger partial charge in [0.05, 0.1) is 0 Å². The molecule has 0 amide bonds. The molecular formula is C16H24ClN3O2S. The van der Waals surface area contributed by atoms with Crippen LogP contribution in [0.4, 0.5) is 5.69 Å². The summed E-state index contributed by atoms with van der Waals surface area (Å²) in [6.45, 7) is 4.47. The van der Waals surface area contributed by atoms with Gasteiger partial charge in [0.25, 0.3) is 10.2 Å². The minimum absolute atomic E-state index is 0.122. The SMILES string of the molecule is Cc1cc(Cl)ccc1N1CCN(S(=O)(=O)NC2CCCC2)CC1. The van der Waals surface area contributed by atoms with E-state index in [1.807, 2.05) is 25.1 Å². The first kappa shape index (κ1) is 17.0. The van der Waals surface area contributed by atoms with Gasteiger partial charge in [-0.3, -0.25) is 0 Å². The molecule has 1 saturated heterocycles. The predicted octanol–water partition coefficient (Wildman–Crippen LogP) is 2.55. The number of nitrogens with one attached hydrogen (secondary N) is 1. The molecule has 23 heavy (non-hydrogen) atoms. The Labute approximate surface area is 143 Å². The Morgan fingerprint density at radius 2 is 1.78 bits per heavy atom. The van der Waals surface area contributed by atoms with Crippen LogP contribution < -0.4 is 9.62 Å². The van der Waals surface area contributed by atoms with Crippen molar-refractivity contribution in [3.63, 3.8) is 0 Å². The highest BCUT2D eigenvalue weighted by Crippen LogP contribution is 2.25. The highest BCUT2D eigenvalue weighted by atomic mass is 35.5. The lowest BCUT2D eigenvalue weighted by Gasteiger charge is -2.36. The molecule has 1 aromatic carbocycles. The maximum Gasteiger partial charge on any atom is 0.279 e. The zero-order valence-electron chi connectivity index (χ0n) is 13.5. The summed E-state index contributed by atoms with van der Waals surface area (Å²) >= 11 is 6.01. The van der Waals surface area contributed by atoms with Crippen LogP contribution in [0.5, 0.6) is 0 Å². The van der Waals surface area contributed by atoms with Crippen LogP contribution >= 0.6 is 11.6 Å². The van der Waals surface area contributed by atoms with E-state index in [9.17, 15) is 8.42 Å². The topological polar surface area (TPSA) is 52.7 Å². The van der Waals surface area contributed by atoms with E-state index >= 15 is 0 Å². The molecule has 1 aliphatic carbocycles. The second kappa shape index (κ2) is 6.97. The van der Waals surface area contributed by atoms with Gasteiger partial charge < -0.3 is 4.90 Å². The van der Waals surface area contributed by atoms with Crippen molar-refractivity contribution in [2.24, 2.45) is 0 Å². The highest BCUT2D eigenvalue weighted by molar-refractivity contribution is 7.87. The summed E-state index contributed by atoms with van der Waals surface area (Å²) < 4.78 is 29.4. The van der Waals surface area contributed by atoms with Crippen LogP contribution in [0.15, 0.2) is 18.2 Å². The number of piperazine rings is 1. The molecule has 128 valence electrons. The second-order valence-corrected chi connectivity index (χ2v) is 8.56. The maximum absolute atomic E-state index is 12.5. The molecule has 0 aromatic heterocycles. The van der Waals surface area contributed by atoms with Crippen LogP contribution in [-0.4, -0.2) is 44.9 Å². The van der Waals surface area contributed by atoms with Crippen molar-refractivity contribution in [2.75, 3.05) is 31.1 Å².